The van der Waals surface area contributed by atoms with E-state index < -0.39 is 0 Å². The molecular weight excluding hydrogens is 222 g/mol. The molecule has 3 nitrogen and oxygen atoms in total. The van der Waals surface area contributed by atoms with Crippen molar-refractivity contribution < 1.29 is 0 Å². The van der Waals surface area contributed by atoms with Gasteiger partial charge in [-0.2, -0.15) is 0 Å². The van der Waals surface area contributed by atoms with Gasteiger partial charge in [0.15, 0.2) is 0 Å². The van der Waals surface area contributed by atoms with Gasteiger partial charge in [-0.25, -0.2) is 9.97 Å². The van der Waals surface area contributed by atoms with E-state index in [1.165, 1.54) is 12.0 Å². The number of nitrogens with one attached hydrogen (secondary N) is 1. The Labute approximate surface area is 111 Å². The quantitative estimate of drug-likeness (QED) is 0.791. The molecule has 0 atom stereocenters. The van der Waals surface area contributed by atoms with Crippen molar-refractivity contribution in [2.75, 3.05) is 11.9 Å². The first-order valence-corrected chi connectivity index (χ1v) is 7.21. The van der Waals surface area contributed by atoms with Crippen molar-refractivity contribution >= 4 is 5.82 Å². The minimum atomic E-state index is 0.463. The van der Waals surface area contributed by atoms with Crippen LogP contribution >= 0.6 is 0 Å². The number of aryl methyl sites for hydroxylation is 2. The van der Waals surface area contributed by atoms with Crippen LogP contribution in [-0.2, 0) is 6.42 Å². The second-order valence-electron chi connectivity index (χ2n) is 5.17. The third-order valence-electron chi connectivity index (χ3n) is 3.06. The molecule has 1 N–H and O–H groups in total. The maximum atomic E-state index is 4.71. The SMILES string of the molecule is CCCCc1nc(C)c(C(C)C)c(NCCC)n1. The molecule has 18 heavy (non-hydrogen) atoms. The number of hydrogen-bond donors (Lipinski definition) is 1. The highest BCUT2D eigenvalue weighted by Crippen LogP contribution is 2.25. The zero-order valence-electron chi connectivity index (χ0n) is 12.5. The van der Waals surface area contributed by atoms with Crippen LogP contribution in [0.1, 0.15) is 70.0 Å². The van der Waals surface area contributed by atoms with Crippen molar-refractivity contribution in [1.82, 2.24) is 9.97 Å². The van der Waals surface area contributed by atoms with Gasteiger partial charge in [0.25, 0.3) is 0 Å². The summed E-state index contributed by atoms with van der Waals surface area (Å²) in [6.07, 6.45) is 4.45. The van der Waals surface area contributed by atoms with Gasteiger partial charge in [-0.15, -0.1) is 0 Å². The summed E-state index contributed by atoms with van der Waals surface area (Å²) in [5.41, 5.74) is 2.40. The van der Waals surface area contributed by atoms with Gasteiger partial charge >= 0.3 is 0 Å². The Kier molecular flexibility index (Phi) is 6.10. The highest BCUT2D eigenvalue weighted by molar-refractivity contribution is 5.48. The van der Waals surface area contributed by atoms with E-state index in [0.717, 1.165) is 43.1 Å². The normalized spacial score (nSPS) is 11.0. The number of aromatic nitrogens is 2. The molecule has 0 aliphatic rings. The van der Waals surface area contributed by atoms with Gasteiger partial charge in [0, 0.05) is 24.2 Å². The van der Waals surface area contributed by atoms with E-state index in [2.05, 4.69) is 44.9 Å². The highest BCUT2D eigenvalue weighted by atomic mass is 15.0. The van der Waals surface area contributed by atoms with Crippen LogP contribution in [0.25, 0.3) is 0 Å². The van der Waals surface area contributed by atoms with Gasteiger partial charge in [-0.05, 0) is 25.7 Å². The van der Waals surface area contributed by atoms with Crippen LogP contribution in [0.15, 0.2) is 0 Å². The van der Waals surface area contributed by atoms with E-state index in [0.29, 0.717) is 5.92 Å². The largest absolute Gasteiger partial charge is 0.370 e. The lowest BCUT2D eigenvalue weighted by molar-refractivity contribution is 0.734. The molecule has 0 unspecified atom stereocenters. The molecule has 1 aromatic heterocycles. The van der Waals surface area contributed by atoms with Crippen LogP contribution in [0.3, 0.4) is 0 Å². The minimum Gasteiger partial charge on any atom is -0.370 e. The Bertz CT molecular complexity index is 372. The van der Waals surface area contributed by atoms with Crippen LogP contribution in [0.5, 0.6) is 0 Å². The van der Waals surface area contributed by atoms with Gasteiger partial charge in [0.05, 0.1) is 0 Å². The molecule has 102 valence electrons. The molecule has 1 heterocycles. The molecule has 0 aromatic carbocycles. The van der Waals surface area contributed by atoms with Crippen LogP contribution < -0.4 is 5.32 Å². The molecule has 0 spiro atoms. The van der Waals surface area contributed by atoms with E-state index in [1.54, 1.807) is 0 Å². The van der Waals surface area contributed by atoms with E-state index in [1.807, 2.05) is 0 Å². The lowest BCUT2D eigenvalue weighted by atomic mass is 10.0. The van der Waals surface area contributed by atoms with E-state index >= 15 is 0 Å². The Morgan fingerprint density at radius 3 is 2.39 bits per heavy atom. The summed E-state index contributed by atoms with van der Waals surface area (Å²) in [4.78, 5) is 9.36. The van der Waals surface area contributed by atoms with Crippen LogP contribution in [0.2, 0.25) is 0 Å². The van der Waals surface area contributed by atoms with Crippen molar-refractivity contribution in [3.05, 3.63) is 17.1 Å². The molecule has 0 aliphatic carbocycles. The maximum absolute atomic E-state index is 4.71. The van der Waals surface area contributed by atoms with Crippen molar-refractivity contribution in [1.29, 1.82) is 0 Å². The number of hydrogen-bond acceptors (Lipinski definition) is 3. The van der Waals surface area contributed by atoms with Crippen LogP contribution in [0, 0.1) is 6.92 Å². The fourth-order valence-corrected chi connectivity index (χ4v) is 2.16. The van der Waals surface area contributed by atoms with Crippen molar-refractivity contribution in [3.63, 3.8) is 0 Å². The zero-order valence-corrected chi connectivity index (χ0v) is 12.5. The lowest BCUT2D eigenvalue weighted by Gasteiger charge is -2.17. The Balaban J connectivity index is 3.02. The second kappa shape index (κ2) is 7.34. The molecule has 0 bridgehead atoms. The number of anilines is 1. The van der Waals surface area contributed by atoms with E-state index in [4.69, 9.17) is 4.98 Å². The first-order valence-electron chi connectivity index (χ1n) is 7.21. The number of unbranched alkanes of at least 4 members (excludes halogenated alkanes) is 1. The first-order chi connectivity index (χ1) is 8.60. The van der Waals surface area contributed by atoms with Gasteiger partial charge in [-0.3, -0.25) is 0 Å². The van der Waals surface area contributed by atoms with Crippen molar-refractivity contribution in [2.24, 2.45) is 0 Å². The molecule has 0 saturated heterocycles. The maximum Gasteiger partial charge on any atom is 0.133 e. The third kappa shape index (κ3) is 3.97. The average Bonchev–Trinajstić information content (AvgIpc) is 2.32. The Morgan fingerprint density at radius 2 is 1.83 bits per heavy atom. The molecule has 0 saturated carbocycles. The van der Waals surface area contributed by atoms with Crippen molar-refractivity contribution in [3.8, 4) is 0 Å². The first kappa shape index (κ1) is 14.9. The fraction of sp³-hybridized carbons (Fsp3) is 0.733. The van der Waals surface area contributed by atoms with Gasteiger partial charge < -0.3 is 5.32 Å². The highest BCUT2D eigenvalue weighted by Gasteiger charge is 2.14. The summed E-state index contributed by atoms with van der Waals surface area (Å²) < 4.78 is 0. The third-order valence-corrected chi connectivity index (χ3v) is 3.06. The number of rotatable bonds is 7. The standard InChI is InChI=1S/C15H27N3/c1-6-8-9-13-17-12(5)14(11(3)4)15(18-13)16-10-7-2/h11H,6-10H2,1-5H3,(H,16,17,18). The Morgan fingerprint density at radius 1 is 1.11 bits per heavy atom. The second-order valence-corrected chi connectivity index (χ2v) is 5.17. The van der Waals surface area contributed by atoms with Gasteiger partial charge in [-0.1, -0.05) is 34.1 Å². The Hall–Kier alpha value is -1.12. The number of nitrogens with zero attached hydrogens (tertiary/aromatic N) is 2. The summed E-state index contributed by atoms with van der Waals surface area (Å²) in [5.74, 6) is 2.49. The summed E-state index contributed by atoms with van der Waals surface area (Å²) in [7, 11) is 0. The van der Waals surface area contributed by atoms with Crippen LogP contribution in [0.4, 0.5) is 5.82 Å². The van der Waals surface area contributed by atoms with Gasteiger partial charge in [0.2, 0.25) is 0 Å². The average molecular weight is 249 g/mol. The molecular formula is C15H27N3. The zero-order chi connectivity index (χ0) is 13.5. The fourth-order valence-electron chi connectivity index (χ4n) is 2.16. The molecule has 3 heteroatoms. The molecule has 0 amide bonds. The molecule has 0 fully saturated rings. The summed E-state index contributed by atoms with van der Waals surface area (Å²) in [5, 5.41) is 3.45. The van der Waals surface area contributed by atoms with Crippen molar-refractivity contribution in [2.45, 2.75) is 66.2 Å². The summed E-state index contributed by atoms with van der Waals surface area (Å²) in [6, 6.07) is 0. The monoisotopic (exact) mass is 249 g/mol. The molecule has 1 aromatic rings. The van der Waals surface area contributed by atoms with Crippen LogP contribution in [-0.4, -0.2) is 16.5 Å². The van der Waals surface area contributed by atoms with E-state index in [-0.39, 0.29) is 0 Å². The molecule has 1 rings (SSSR count). The van der Waals surface area contributed by atoms with Gasteiger partial charge in [0.1, 0.15) is 11.6 Å². The predicted octanol–water partition coefficient (Wildman–Crippen LogP) is 4.07. The van der Waals surface area contributed by atoms with E-state index in [9.17, 15) is 0 Å². The smallest absolute Gasteiger partial charge is 0.133 e. The summed E-state index contributed by atoms with van der Waals surface area (Å²) in [6.45, 7) is 11.9. The minimum absolute atomic E-state index is 0.463. The molecule has 0 aliphatic heterocycles. The summed E-state index contributed by atoms with van der Waals surface area (Å²) >= 11 is 0. The topological polar surface area (TPSA) is 37.8 Å². The molecule has 0 radical (unpaired) electrons. The lowest BCUT2D eigenvalue weighted by Crippen LogP contribution is -2.12. The predicted molar refractivity (Wildman–Crippen MR) is 78.3 cm³/mol.